The largest absolute Gasteiger partial charge is 0.493 e. The number of rotatable bonds is 9. The van der Waals surface area contributed by atoms with Crippen LogP contribution in [0.25, 0.3) is 0 Å². The van der Waals surface area contributed by atoms with E-state index in [0.717, 1.165) is 25.0 Å². The molecule has 32 heavy (non-hydrogen) atoms. The summed E-state index contributed by atoms with van der Waals surface area (Å²) in [5.74, 6) is 0.503. The number of methoxy groups -OCH3 is 1. The van der Waals surface area contributed by atoms with E-state index in [1.807, 2.05) is 18.2 Å². The van der Waals surface area contributed by atoms with E-state index in [9.17, 15) is 9.59 Å². The lowest BCUT2D eigenvalue weighted by Crippen LogP contribution is -2.24. The molecule has 0 saturated carbocycles. The second-order valence-corrected chi connectivity index (χ2v) is 8.19. The van der Waals surface area contributed by atoms with Crippen molar-refractivity contribution in [3.8, 4) is 11.5 Å². The van der Waals surface area contributed by atoms with Crippen molar-refractivity contribution in [2.24, 2.45) is 0 Å². The molecule has 0 aliphatic carbocycles. The van der Waals surface area contributed by atoms with Gasteiger partial charge in [-0.3, -0.25) is 4.79 Å². The SMILES string of the molecule is COc1cc(CNC(=O)c2[nH]c(C)c(C(=O)OC(C)C)c2C)ccc1OCC1CCCO1. The van der Waals surface area contributed by atoms with E-state index in [1.54, 1.807) is 34.8 Å². The highest BCUT2D eigenvalue weighted by Gasteiger charge is 2.23. The summed E-state index contributed by atoms with van der Waals surface area (Å²) >= 11 is 0. The maximum Gasteiger partial charge on any atom is 0.340 e. The number of esters is 1. The Balaban J connectivity index is 1.63. The van der Waals surface area contributed by atoms with Crippen molar-refractivity contribution in [1.29, 1.82) is 0 Å². The van der Waals surface area contributed by atoms with Crippen molar-refractivity contribution in [3.63, 3.8) is 0 Å². The van der Waals surface area contributed by atoms with Gasteiger partial charge in [0.2, 0.25) is 0 Å². The number of aryl methyl sites for hydroxylation is 1. The van der Waals surface area contributed by atoms with E-state index in [-0.39, 0.29) is 18.1 Å². The van der Waals surface area contributed by atoms with Crippen LogP contribution in [-0.4, -0.2) is 49.4 Å². The molecule has 0 spiro atoms. The van der Waals surface area contributed by atoms with Crippen LogP contribution in [0.2, 0.25) is 0 Å². The van der Waals surface area contributed by atoms with Gasteiger partial charge in [-0.25, -0.2) is 4.79 Å². The monoisotopic (exact) mass is 444 g/mol. The van der Waals surface area contributed by atoms with Gasteiger partial charge in [-0.15, -0.1) is 0 Å². The van der Waals surface area contributed by atoms with Crippen molar-refractivity contribution in [1.82, 2.24) is 10.3 Å². The third-order valence-electron chi connectivity index (χ3n) is 5.34. The molecule has 1 fully saturated rings. The minimum Gasteiger partial charge on any atom is -0.493 e. The van der Waals surface area contributed by atoms with E-state index in [1.165, 1.54) is 0 Å². The molecule has 1 aliphatic rings. The molecule has 1 amide bonds. The molecule has 0 radical (unpaired) electrons. The molecule has 1 aromatic heterocycles. The highest BCUT2D eigenvalue weighted by atomic mass is 16.5. The Bertz CT molecular complexity index is 960. The molecule has 1 aliphatic heterocycles. The third kappa shape index (κ3) is 5.62. The summed E-state index contributed by atoms with van der Waals surface area (Å²) in [5, 5.41) is 2.89. The van der Waals surface area contributed by atoms with Gasteiger partial charge in [0.25, 0.3) is 5.91 Å². The van der Waals surface area contributed by atoms with Crippen molar-refractivity contribution in [2.75, 3.05) is 20.3 Å². The van der Waals surface area contributed by atoms with Crippen molar-refractivity contribution >= 4 is 11.9 Å². The number of ether oxygens (including phenoxy) is 4. The molecular formula is C24H32N2O6. The fourth-order valence-electron chi connectivity index (χ4n) is 3.73. The molecule has 174 valence electrons. The summed E-state index contributed by atoms with van der Waals surface area (Å²) in [5.41, 5.74) is 2.79. The van der Waals surface area contributed by atoms with Crippen LogP contribution in [0.1, 0.15) is 64.4 Å². The Kier molecular flexibility index (Phi) is 7.80. The summed E-state index contributed by atoms with van der Waals surface area (Å²) in [7, 11) is 1.58. The average Bonchev–Trinajstić information content (AvgIpc) is 3.37. The minimum atomic E-state index is -0.436. The first-order valence-electron chi connectivity index (χ1n) is 10.9. The van der Waals surface area contributed by atoms with Crippen LogP contribution in [0.15, 0.2) is 18.2 Å². The summed E-state index contributed by atoms with van der Waals surface area (Å²) in [6, 6.07) is 5.55. The lowest BCUT2D eigenvalue weighted by atomic mass is 10.1. The van der Waals surface area contributed by atoms with Gasteiger partial charge < -0.3 is 29.2 Å². The van der Waals surface area contributed by atoms with E-state index < -0.39 is 5.97 Å². The standard InChI is InChI=1S/C24H32N2O6/c1-14(2)32-24(28)21-15(3)22(26-16(21)4)23(27)25-12-17-8-9-19(20(11-17)29-5)31-13-18-7-6-10-30-18/h8-9,11,14,18,26H,6-7,10,12-13H2,1-5H3,(H,25,27). The number of carbonyl (C=O) groups is 2. The Labute approximate surface area is 188 Å². The predicted molar refractivity (Wildman–Crippen MR) is 119 cm³/mol. The van der Waals surface area contributed by atoms with Crippen LogP contribution in [0.4, 0.5) is 0 Å². The quantitative estimate of drug-likeness (QED) is 0.573. The molecule has 2 aromatic rings. The normalized spacial score (nSPS) is 15.6. The fourth-order valence-corrected chi connectivity index (χ4v) is 3.73. The van der Waals surface area contributed by atoms with Gasteiger partial charge in [-0.05, 0) is 63.8 Å². The minimum absolute atomic E-state index is 0.119. The molecule has 2 N–H and O–H groups in total. The number of benzene rings is 1. The maximum absolute atomic E-state index is 12.8. The molecule has 8 nitrogen and oxygen atoms in total. The molecule has 3 rings (SSSR count). The van der Waals surface area contributed by atoms with E-state index >= 15 is 0 Å². The Hall–Kier alpha value is -3.00. The van der Waals surface area contributed by atoms with Crippen LogP contribution in [0.3, 0.4) is 0 Å². The van der Waals surface area contributed by atoms with Crippen LogP contribution in [0.5, 0.6) is 11.5 Å². The van der Waals surface area contributed by atoms with Crippen molar-refractivity contribution in [3.05, 3.63) is 46.3 Å². The number of H-pyrrole nitrogens is 1. The molecule has 2 heterocycles. The number of hydrogen-bond acceptors (Lipinski definition) is 6. The van der Waals surface area contributed by atoms with Gasteiger partial charge in [0.05, 0.1) is 24.9 Å². The number of nitrogens with one attached hydrogen (secondary N) is 2. The summed E-state index contributed by atoms with van der Waals surface area (Å²) in [4.78, 5) is 28.1. The zero-order valence-corrected chi connectivity index (χ0v) is 19.4. The Morgan fingerprint density at radius 3 is 2.69 bits per heavy atom. The molecule has 1 unspecified atom stereocenters. The van der Waals surface area contributed by atoms with Gasteiger partial charge in [-0.1, -0.05) is 6.07 Å². The van der Waals surface area contributed by atoms with Gasteiger partial charge in [0.1, 0.15) is 12.3 Å². The fraction of sp³-hybridized carbons (Fsp3) is 0.500. The van der Waals surface area contributed by atoms with Crippen LogP contribution >= 0.6 is 0 Å². The lowest BCUT2D eigenvalue weighted by Gasteiger charge is -2.15. The zero-order chi connectivity index (χ0) is 23.3. The van der Waals surface area contributed by atoms with Crippen molar-refractivity contribution in [2.45, 2.75) is 59.3 Å². The first-order valence-corrected chi connectivity index (χ1v) is 10.9. The zero-order valence-electron chi connectivity index (χ0n) is 19.4. The van der Waals surface area contributed by atoms with Crippen LogP contribution < -0.4 is 14.8 Å². The van der Waals surface area contributed by atoms with Crippen LogP contribution in [0, 0.1) is 13.8 Å². The molecule has 0 bridgehead atoms. The lowest BCUT2D eigenvalue weighted by molar-refractivity contribution is 0.0376. The molecule has 1 saturated heterocycles. The number of amides is 1. The van der Waals surface area contributed by atoms with Gasteiger partial charge in [0, 0.05) is 18.8 Å². The molecular weight excluding hydrogens is 412 g/mol. The first-order chi connectivity index (χ1) is 15.3. The van der Waals surface area contributed by atoms with Crippen LogP contribution in [-0.2, 0) is 16.0 Å². The first kappa shape index (κ1) is 23.7. The van der Waals surface area contributed by atoms with Gasteiger partial charge in [0.15, 0.2) is 11.5 Å². The van der Waals surface area contributed by atoms with Gasteiger partial charge >= 0.3 is 5.97 Å². The molecule has 8 heteroatoms. The number of hydrogen-bond donors (Lipinski definition) is 2. The molecule has 1 atom stereocenters. The van der Waals surface area contributed by atoms with E-state index in [2.05, 4.69) is 10.3 Å². The topological polar surface area (TPSA) is 98.9 Å². The summed E-state index contributed by atoms with van der Waals surface area (Å²) < 4.78 is 22.2. The summed E-state index contributed by atoms with van der Waals surface area (Å²) in [6.07, 6.45) is 1.94. The third-order valence-corrected chi connectivity index (χ3v) is 5.34. The highest BCUT2D eigenvalue weighted by Crippen LogP contribution is 2.29. The number of aromatic amines is 1. The van der Waals surface area contributed by atoms with Gasteiger partial charge in [-0.2, -0.15) is 0 Å². The summed E-state index contributed by atoms with van der Waals surface area (Å²) in [6.45, 7) is 8.62. The second kappa shape index (κ2) is 10.5. The van der Waals surface area contributed by atoms with E-state index in [0.29, 0.717) is 47.2 Å². The Morgan fingerprint density at radius 1 is 1.25 bits per heavy atom. The highest BCUT2D eigenvalue weighted by molar-refractivity contribution is 6.00. The van der Waals surface area contributed by atoms with E-state index in [4.69, 9.17) is 18.9 Å². The average molecular weight is 445 g/mol. The Morgan fingerprint density at radius 2 is 2.03 bits per heavy atom. The smallest absolute Gasteiger partial charge is 0.340 e. The number of carbonyl (C=O) groups excluding carboxylic acids is 2. The predicted octanol–water partition coefficient (Wildman–Crippen LogP) is 3.69. The maximum atomic E-state index is 12.8. The second-order valence-electron chi connectivity index (χ2n) is 8.19. The number of aromatic nitrogens is 1. The molecule has 1 aromatic carbocycles. The van der Waals surface area contributed by atoms with Crippen molar-refractivity contribution < 1.29 is 28.5 Å².